The van der Waals surface area contributed by atoms with Crippen LogP contribution in [0.25, 0.3) is 10.8 Å². The molecule has 3 N–H and O–H groups in total. The maximum Gasteiger partial charge on any atom is 0.265 e. The number of allylic oxidation sites excluding steroid dienone is 2. The normalized spacial score (nSPS) is 24.7. The van der Waals surface area contributed by atoms with Crippen molar-refractivity contribution in [3.05, 3.63) is 123 Å². The molecule has 1 heterocycles. The maximum absolute atomic E-state index is 15.1. The molecule has 1 aromatic heterocycles. The van der Waals surface area contributed by atoms with Gasteiger partial charge >= 0.3 is 0 Å². The van der Waals surface area contributed by atoms with Crippen molar-refractivity contribution < 1.29 is 48.4 Å². The molecule has 0 radical (unpaired) electrons. The number of ketones is 3. The molecular formula is C44H39NO10. The van der Waals surface area contributed by atoms with Crippen LogP contribution < -0.4 is 14.2 Å². The highest BCUT2D eigenvalue weighted by atomic mass is 16.5. The molecule has 4 aliphatic carbocycles. The van der Waals surface area contributed by atoms with Crippen molar-refractivity contribution in [2.45, 2.75) is 76.3 Å². The van der Waals surface area contributed by atoms with E-state index < -0.39 is 57.1 Å². The van der Waals surface area contributed by atoms with E-state index in [4.69, 9.17) is 18.7 Å². The van der Waals surface area contributed by atoms with Gasteiger partial charge in [-0.05, 0) is 53.4 Å². The topological polar surface area (TPSA) is 166 Å². The summed E-state index contributed by atoms with van der Waals surface area (Å²) in [7, 11) is 1.55. The SMILES string of the molecule is COc1cc(OCc2ccccc2)c2c(O)c3c(c4c2c1[C@]1(C4)C(C)=CCCC1(C)C)C(=O)[C@@]1(O)Cc2onc(OCc4ccccc4)c2C(=O)[C@@]1(O)C3=O. The van der Waals surface area contributed by atoms with E-state index in [1.807, 2.05) is 55.5 Å². The quantitative estimate of drug-likeness (QED) is 0.123. The number of methoxy groups -OCH3 is 1. The zero-order chi connectivity index (χ0) is 38.7. The lowest BCUT2D eigenvalue weighted by atomic mass is 9.54. The number of nitrogens with zero attached hydrogens (tertiary/aromatic N) is 1. The Morgan fingerprint density at radius 2 is 1.44 bits per heavy atom. The Morgan fingerprint density at radius 3 is 2.07 bits per heavy atom. The second kappa shape index (κ2) is 11.9. The van der Waals surface area contributed by atoms with Gasteiger partial charge in [-0.2, -0.15) is 0 Å². The number of aromatic nitrogens is 1. The van der Waals surface area contributed by atoms with Gasteiger partial charge in [0, 0.05) is 34.4 Å². The van der Waals surface area contributed by atoms with E-state index >= 15 is 4.79 Å². The fraction of sp³-hybridized carbons (Fsp3) is 0.318. The molecule has 4 aliphatic rings. The van der Waals surface area contributed by atoms with Crippen molar-refractivity contribution in [3.63, 3.8) is 0 Å². The minimum atomic E-state index is -3.35. The van der Waals surface area contributed by atoms with E-state index in [0.717, 1.165) is 35.1 Å². The van der Waals surface area contributed by atoms with Gasteiger partial charge in [0.15, 0.2) is 17.1 Å². The molecule has 3 atom stereocenters. The molecule has 11 heteroatoms. The number of ether oxygens (including phenoxy) is 3. The van der Waals surface area contributed by atoms with Crippen LogP contribution in [0, 0.1) is 5.41 Å². The van der Waals surface area contributed by atoms with Crippen LogP contribution in [-0.4, -0.2) is 56.1 Å². The first kappa shape index (κ1) is 35.0. The molecule has 0 saturated heterocycles. The number of hydrogen-bond acceptors (Lipinski definition) is 11. The molecule has 0 fully saturated rings. The van der Waals surface area contributed by atoms with Crippen molar-refractivity contribution in [2.24, 2.45) is 5.41 Å². The third kappa shape index (κ3) is 4.45. The zero-order valence-electron chi connectivity index (χ0n) is 30.8. The van der Waals surface area contributed by atoms with E-state index in [9.17, 15) is 24.9 Å². The number of aliphatic hydroxyl groups is 2. The molecule has 0 unspecified atom stereocenters. The smallest absolute Gasteiger partial charge is 0.265 e. The van der Waals surface area contributed by atoms with Gasteiger partial charge in [-0.25, -0.2) is 0 Å². The summed E-state index contributed by atoms with van der Waals surface area (Å²) in [6.07, 6.45) is 3.24. The summed E-state index contributed by atoms with van der Waals surface area (Å²) < 4.78 is 23.8. The van der Waals surface area contributed by atoms with Crippen molar-refractivity contribution >= 4 is 28.1 Å². The standard InChI is InChI=1S/C44H39NO10/c1-23-12-11-17-41(2,3)42(23)19-26-30-32(27(18-28(52-4)35(30)42)53-21-24-13-7-5-8-14-24)36(46)34-31(26)37(47)43(50)20-29-33(38(48)44(43,51)39(34)49)40(45-55-29)54-22-25-15-9-6-10-16-25/h5-10,12-16,18,46,50-51H,11,17,19-22H2,1-4H3/t42-,43-,44+/m0/s1. The van der Waals surface area contributed by atoms with E-state index in [1.165, 1.54) is 0 Å². The first-order valence-electron chi connectivity index (χ1n) is 18.3. The molecule has 11 nitrogen and oxygen atoms in total. The van der Waals surface area contributed by atoms with Gasteiger partial charge in [0.05, 0.1) is 18.1 Å². The molecule has 5 aromatic rings. The molecule has 0 aliphatic heterocycles. The van der Waals surface area contributed by atoms with Crippen LogP contribution in [-0.2, 0) is 31.5 Å². The van der Waals surface area contributed by atoms with Crippen LogP contribution >= 0.6 is 0 Å². The van der Waals surface area contributed by atoms with Gasteiger partial charge in [-0.15, -0.1) is 0 Å². The number of phenolic OH excluding ortho intramolecular Hbond substituents is 1. The lowest BCUT2D eigenvalue weighted by Gasteiger charge is -2.49. The maximum atomic E-state index is 15.1. The molecule has 55 heavy (non-hydrogen) atoms. The third-order valence-corrected chi connectivity index (χ3v) is 12.6. The van der Waals surface area contributed by atoms with Gasteiger partial charge in [0.2, 0.25) is 17.2 Å². The molecular weight excluding hydrogens is 702 g/mol. The predicted octanol–water partition coefficient (Wildman–Crippen LogP) is 6.54. The summed E-state index contributed by atoms with van der Waals surface area (Å²) in [4.78, 5) is 44.5. The molecule has 0 saturated carbocycles. The molecule has 4 aromatic carbocycles. The van der Waals surface area contributed by atoms with E-state index in [0.29, 0.717) is 16.7 Å². The van der Waals surface area contributed by atoms with Crippen LogP contribution in [0.4, 0.5) is 0 Å². The number of aromatic hydroxyl groups is 1. The highest BCUT2D eigenvalue weighted by Gasteiger charge is 2.72. The predicted molar refractivity (Wildman–Crippen MR) is 199 cm³/mol. The Morgan fingerprint density at radius 1 is 0.800 bits per heavy atom. The van der Waals surface area contributed by atoms with Gasteiger partial charge < -0.3 is 34.1 Å². The van der Waals surface area contributed by atoms with E-state index in [2.05, 4.69) is 25.1 Å². The minimum absolute atomic E-state index is 0.0227. The number of rotatable bonds is 7. The van der Waals surface area contributed by atoms with Gasteiger partial charge in [0.1, 0.15) is 36.0 Å². The summed E-state index contributed by atoms with van der Waals surface area (Å²) in [5.74, 6) is -4.25. The van der Waals surface area contributed by atoms with Crippen molar-refractivity contribution in [3.8, 4) is 23.1 Å². The second-order valence-corrected chi connectivity index (χ2v) is 15.7. The van der Waals surface area contributed by atoms with Gasteiger partial charge in [0.25, 0.3) is 5.88 Å². The molecule has 0 amide bonds. The van der Waals surface area contributed by atoms with Crippen LogP contribution in [0.15, 0.2) is 82.9 Å². The molecule has 1 spiro atoms. The number of carbonyl (C=O) groups excluding carboxylic acids is 3. The molecule has 9 rings (SSSR count). The van der Waals surface area contributed by atoms with Crippen molar-refractivity contribution in [1.82, 2.24) is 5.16 Å². The Kier molecular flexibility index (Phi) is 7.54. The van der Waals surface area contributed by atoms with E-state index in [1.54, 1.807) is 25.3 Å². The van der Waals surface area contributed by atoms with Crippen LogP contribution in [0.5, 0.6) is 23.1 Å². The number of carbonyl (C=O) groups is 3. The number of benzene rings is 4. The largest absolute Gasteiger partial charge is 0.506 e. The highest BCUT2D eigenvalue weighted by molar-refractivity contribution is 6.36. The van der Waals surface area contributed by atoms with Crippen LogP contribution in [0.2, 0.25) is 0 Å². The fourth-order valence-corrected chi connectivity index (χ4v) is 9.74. The van der Waals surface area contributed by atoms with Gasteiger partial charge in [-0.1, -0.05) is 86.2 Å². The molecule has 0 bridgehead atoms. The average molecular weight is 742 g/mol. The van der Waals surface area contributed by atoms with Crippen molar-refractivity contribution in [1.29, 1.82) is 0 Å². The third-order valence-electron chi connectivity index (χ3n) is 12.6. The number of Topliss-reactive ketones (excluding diaryl/α,β-unsaturated/α-hetero) is 3. The lowest BCUT2D eigenvalue weighted by Crippen LogP contribution is -2.73. The number of hydrogen-bond donors (Lipinski definition) is 3. The fourth-order valence-electron chi connectivity index (χ4n) is 9.74. The summed E-state index contributed by atoms with van der Waals surface area (Å²) in [6.45, 7) is 6.40. The minimum Gasteiger partial charge on any atom is -0.506 e. The Hall–Kier alpha value is -5.78. The highest BCUT2D eigenvalue weighted by Crippen LogP contribution is 2.65. The summed E-state index contributed by atoms with van der Waals surface area (Å²) in [5, 5.41) is 41.7. The Balaban J connectivity index is 1.27. The number of phenols is 1. The molecule has 280 valence electrons. The Labute approximate surface area is 316 Å². The van der Waals surface area contributed by atoms with Crippen molar-refractivity contribution in [2.75, 3.05) is 7.11 Å². The first-order chi connectivity index (χ1) is 26.3. The Bertz CT molecular complexity index is 2520. The van der Waals surface area contributed by atoms with Crippen LogP contribution in [0.3, 0.4) is 0 Å². The average Bonchev–Trinajstić information content (AvgIpc) is 3.76. The summed E-state index contributed by atoms with van der Waals surface area (Å²) in [5.41, 5.74) is -4.98. The van der Waals surface area contributed by atoms with Crippen LogP contribution in [0.1, 0.15) is 92.7 Å². The summed E-state index contributed by atoms with van der Waals surface area (Å²) in [6, 6.07) is 20.1. The monoisotopic (exact) mass is 741 g/mol. The van der Waals surface area contributed by atoms with Gasteiger partial charge in [-0.3, -0.25) is 14.4 Å². The first-order valence-corrected chi connectivity index (χ1v) is 18.3. The lowest BCUT2D eigenvalue weighted by molar-refractivity contribution is -0.0878. The second-order valence-electron chi connectivity index (χ2n) is 15.7. The zero-order valence-corrected chi connectivity index (χ0v) is 30.8. The van der Waals surface area contributed by atoms with E-state index in [-0.39, 0.29) is 53.5 Å². The summed E-state index contributed by atoms with van der Waals surface area (Å²) >= 11 is 0. The number of fused-ring (bicyclic) bond motifs is 5.